The van der Waals surface area contributed by atoms with Gasteiger partial charge < -0.3 is 4.74 Å². The number of nitrogens with zero attached hydrogens (tertiary/aromatic N) is 3. The minimum atomic E-state index is 0.346. The van der Waals surface area contributed by atoms with E-state index in [-0.39, 0.29) is 0 Å². The van der Waals surface area contributed by atoms with E-state index in [0.29, 0.717) is 6.10 Å². The second-order valence-corrected chi connectivity index (χ2v) is 8.64. The van der Waals surface area contributed by atoms with E-state index in [2.05, 4.69) is 71.5 Å². The number of anilines is 1. The molecule has 0 spiro atoms. The number of hydrazine groups is 1. The molecule has 28 heavy (non-hydrogen) atoms. The van der Waals surface area contributed by atoms with Gasteiger partial charge in [0.2, 0.25) is 5.13 Å². The fraction of sp³-hybridized carbons (Fsp3) is 0.348. The fourth-order valence-corrected chi connectivity index (χ4v) is 5.12. The zero-order valence-corrected chi connectivity index (χ0v) is 17.0. The lowest BCUT2D eigenvalue weighted by atomic mass is 10.1. The van der Waals surface area contributed by atoms with Crippen molar-refractivity contribution in [3.63, 3.8) is 0 Å². The Balaban J connectivity index is 1.48. The van der Waals surface area contributed by atoms with Crippen LogP contribution in [-0.2, 0) is 11.3 Å². The first-order valence-electron chi connectivity index (χ1n) is 10.0. The molecule has 0 bridgehead atoms. The zero-order valence-electron chi connectivity index (χ0n) is 16.2. The number of aromatic nitrogens is 1. The molecule has 4 nitrogen and oxygen atoms in total. The molecule has 0 amide bonds. The van der Waals surface area contributed by atoms with E-state index in [1.807, 2.05) is 0 Å². The predicted octanol–water partition coefficient (Wildman–Crippen LogP) is 5.38. The number of rotatable bonds is 5. The second-order valence-electron chi connectivity index (χ2n) is 7.63. The van der Waals surface area contributed by atoms with Gasteiger partial charge in [-0.1, -0.05) is 53.8 Å². The smallest absolute Gasteiger partial charge is 0.205 e. The number of hydrogen-bond acceptors (Lipinski definition) is 5. The molecule has 0 radical (unpaired) electrons. The molecule has 0 aliphatic carbocycles. The van der Waals surface area contributed by atoms with Crippen LogP contribution in [0.4, 0.5) is 5.13 Å². The summed E-state index contributed by atoms with van der Waals surface area (Å²) >= 11 is 1.77. The van der Waals surface area contributed by atoms with Crippen LogP contribution in [0.2, 0.25) is 0 Å². The Morgan fingerprint density at radius 1 is 1.11 bits per heavy atom. The number of para-hydroxylation sites is 1. The van der Waals surface area contributed by atoms with Crippen LogP contribution in [0, 0.1) is 0 Å². The van der Waals surface area contributed by atoms with Crippen molar-refractivity contribution < 1.29 is 4.74 Å². The zero-order chi connectivity index (χ0) is 18.9. The van der Waals surface area contributed by atoms with Gasteiger partial charge >= 0.3 is 0 Å². The predicted molar refractivity (Wildman–Crippen MR) is 115 cm³/mol. The summed E-state index contributed by atoms with van der Waals surface area (Å²) in [5, 5.41) is 5.86. The van der Waals surface area contributed by atoms with E-state index in [1.165, 1.54) is 28.0 Å². The first-order valence-corrected chi connectivity index (χ1v) is 10.8. The molecule has 144 valence electrons. The molecule has 1 unspecified atom stereocenters. The maximum absolute atomic E-state index is 5.96. The third-order valence-electron chi connectivity index (χ3n) is 5.61. The Kier molecular flexibility index (Phi) is 4.79. The third-order valence-corrected chi connectivity index (χ3v) is 6.66. The quantitative estimate of drug-likeness (QED) is 0.584. The summed E-state index contributed by atoms with van der Waals surface area (Å²) in [6.45, 7) is 4.91. The molecule has 2 aliphatic rings. The van der Waals surface area contributed by atoms with Gasteiger partial charge in [0.25, 0.3) is 0 Å². The van der Waals surface area contributed by atoms with E-state index in [0.717, 1.165) is 43.2 Å². The van der Waals surface area contributed by atoms with E-state index < -0.39 is 0 Å². The number of hydrogen-bond donors (Lipinski definition) is 0. The first-order chi connectivity index (χ1) is 13.8. The lowest BCUT2D eigenvalue weighted by Gasteiger charge is -2.33. The van der Waals surface area contributed by atoms with Gasteiger partial charge in [0, 0.05) is 18.7 Å². The monoisotopic (exact) mass is 391 g/mol. The highest BCUT2D eigenvalue weighted by Gasteiger charge is 2.32. The van der Waals surface area contributed by atoms with Crippen molar-refractivity contribution in [3.05, 3.63) is 71.4 Å². The Labute approximate surface area is 170 Å². The van der Waals surface area contributed by atoms with Crippen molar-refractivity contribution in [2.24, 2.45) is 0 Å². The minimum absolute atomic E-state index is 0.346. The van der Waals surface area contributed by atoms with Crippen molar-refractivity contribution in [3.8, 4) is 0 Å². The molecular weight excluding hydrogens is 366 g/mol. The summed E-state index contributed by atoms with van der Waals surface area (Å²) in [6, 6.07) is 19.1. The van der Waals surface area contributed by atoms with Gasteiger partial charge in [0.15, 0.2) is 0 Å². The molecule has 5 heteroatoms. The Morgan fingerprint density at radius 2 is 1.93 bits per heavy atom. The molecule has 1 fully saturated rings. The van der Waals surface area contributed by atoms with Crippen molar-refractivity contribution in [2.75, 3.05) is 18.2 Å². The number of thiazole rings is 1. The Bertz CT molecular complexity index is 958. The maximum atomic E-state index is 5.96. The highest BCUT2D eigenvalue weighted by Crippen LogP contribution is 2.37. The van der Waals surface area contributed by atoms with Crippen LogP contribution in [0.25, 0.3) is 10.2 Å². The summed E-state index contributed by atoms with van der Waals surface area (Å²) in [4.78, 5) is 4.93. The molecular formula is C23H25N3OS. The van der Waals surface area contributed by atoms with Crippen LogP contribution in [0.5, 0.6) is 0 Å². The van der Waals surface area contributed by atoms with Gasteiger partial charge in [-0.25, -0.2) is 4.98 Å². The molecule has 0 N–H and O–H groups in total. The molecule has 1 saturated heterocycles. The maximum Gasteiger partial charge on any atom is 0.205 e. The molecule has 3 heterocycles. The van der Waals surface area contributed by atoms with Gasteiger partial charge in [-0.2, -0.15) is 0 Å². The van der Waals surface area contributed by atoms with Gasteiger partial charge in [-0.3, -0.25) is 10.0 Å². The van der Waals surface area contributed by atoms with Gasteiger partial charge in [-0.15, -0.1) is 0 Å². The van der Waals surface area contributed by atoms with E-state index >= 15 is 0 Å². The van der Waals surface area contributed by atoms with E-state index in [1.54, 1.807) is 11.3 Å². The van der Waals surface area contributed by atoms with E-state index in [9.17, 15) is 0 Å². The fourth-order valence-electron chi connectivity index (χ4n) is 4.15. The largest absolute Gasteiger partial charge is 0.378 e. The summed E-state index contributed by atoms with van der Waals surface area (Å²) in [7, 11) is 0. The Hall–Kier alpha value is -2.37. The topological polar surface area (TPSA) is 28.6 Å². The molecule has 1 atom stereocenters. The number of fused-ring (bicyclic) bond motifs is 1. The lowest BCUT2D eigenvalue weighted by molar-refractivity contribution is 0.104. The summed E-state index contributed by atoms with van der Waals surface area (Å²) in [5.41, 5.74) is 5.21. The normalized spacial score (nSPS) is 20.0. The van der Waals surface area contributed by atoms with Crippen LogP contribution in [0.1, 0.15) is 31.7 Å². The molecule has 2 aromatic carbocycles. The molecule has 0 saturated carbocycles. The first kappa shape index (κ1) is 17.7. The van der Waals surface area contributed by atoms with Crippen LogP contribution in [-0.4, -0.2) is 29.2 Å². The minimum Gasteiger partial charge on any atom is -0.378 e. The summed E-state index contributed by atoms with van der Waals surface area (Å²) in [6.07, 6.45) is 3.67. The number of benzene rings is 2. The van der Waals surface area contributed by atoms with Gasteiger partial charge in [-0.05, 0) is 43.0 Å². The van der Waals surface area contributed by atoms with Crippen molar-refractivity contribution >= 4 is 26.7 Å². The lowest BCUT2D eigenvalue weighted by Crippen LogP contribution is -2.37. The van der Waals surface area contributed by atoms with Crippen molar-refractivity contribution in [1.29, 1.82) is 0 Å². The molecule has 2 aliphatic heterocycles. The Morgan fingerprint density at radius 3 is 2.71 bits per heavy atom. The SMILES string of the molecule is CC1=C(CC2CCCO2)N(Cc2ccccc2)N(c2nc3ccccc3s2)C1. The highest BCUT2D eigenvalue weighted by atomic mass is 32.1. The summed E-state index contributed by atoms with van der Waals surface area (Å²) < 4.78 is 7.20. The van der Waals surface area contributed by atoms with E-state index in [4.69, 9.17) is 9.72 Å². The molecule has 1 aromatic heterocycles. The second kappa shape index (κ2) is 7.57. The number of ether oxygens (including phenoxy) is 1. The molecule has 5 rings (SSSR count). The standard InChI is InChI=1S/C23H25N3OS/c1-17-15-26(23-24-20-11-5-6-12-22(20)28-23)25(16-18-8-3-2-4-9-18)21(17)14-19-10-7-13-27-19/h2-6,8-9,11-12,19H,7,10,13-16H2,1H3. The molecule has 3 aromatic rings. The third kappa shape index (κ3) is 3.40. The highest BCUT2D eigenvalue weighted by molar-refractivity contribution is 7.22. The van der Waals surface area contributed by atoms with Crippen LogP contribution in [0.3, 0.4) is 0 Å². The average Bonchev–Trinajstić information content (AvgIpc) is 3.44. The summed E-state index contributed by atoms with van der Waals surface area (Å²) in [5.74, 6) is 0. The van der Waals surface area contributed by atoms with Crippen LogP contribution < -0.4 is 5.01 Å². The van der Waals surface area contributed by atoms with Gasteiger partial charge in [0.1, 0.15) is 0 Å². The van der Waals surface area contributed by atoms with Gasteiger partial charge in [0.05, 0.1) is 29.4 Å². The van der Waals surface area contributed by atoms with Crippen molar-refractivity contribution in [2.45, 2.75) is 38.8 Å². The average molecular weight is 392 g/mol. The van der Waals surface area contributed by atoms with Crippen LogP contribution in [0.15, 0.2) is 65.9 Å². The van der Waals surface area contributed by atoms with Crippen molar-refractivity contribution in [1.82, 2.24) is 9.99 Å². The van der Waals surface area contributed by atoms with Crippen LogP contribution >= 0.6 is 11.3 Å².